The molecule has 35 heavy (non-hydrogen) atoms. The Morgan fingerprint density at radius 2 is 1.80 bits per heavy atom. The van der Waals surface area contributed by atoms with Crippen molar-refractivity contribution in [3.05, 3.63) is 48.7 Å². The van der Waals surface area contributed by atoms with Crippen molar-refractivity contribution >= 4 is 27.8 Å². The summed E-state index contributed by atoms with van der Waals surface area (Å²) in [5.74, 6) is 0.726. The number of imidazole rings is 1. The van der Waals surface area contributed by atoms with Gasteiger partial charge in [-0.05, 0) is 31.3 Å². The van der Waals surface area contributed by atoms with Crippen LogP contribution in [0.5, 0.6) is 0 Å². The van der Waals surface area contributed by atoms with Gasteiger partial charge in [0.25, 0.3) is 0 Å². The van der Waals surface area contributed by atoms with Gasteiger partial charge in [0, 0.05) is 62.4 Å². The monoisotopic (exact) mass is 468 g/mol. The molecule has 1 saturated heterocycles. The van der Waals surface area contributed by atoms with Crippen LogP contribution in [0.1, 0.15) is 12.5 Å². The van der Waals surface area contributed by atoms with Crippen LogP contribution in [0.15, 0.2) is 43.1 Å². The molecule has 0 aromatic carbocycles. The molecule has 1 fully saturated rings. The van der Waals surface area contributed by atoms with Gasteiger partial charge in [-0.2, -0.15) is 5.10 Å². The van der Waals surface area contributed by atoms with Crippen LogP contribution >= 0.6 is 0 Å². The van der Waals surface area contributed by atoms with Gasteiger partial charge in [-0.3, -0.25) is 15.1 Å². The second kappa shape index (κ2) is 9.05. The van der Waals surface area contributed by atoms with E-state index in [4.69, 9.17) is 4.98 Å². The van der Waals surface area contributed by atoms with Gasteiger partial charge in [-0.1, -0.05) is 6.92 Å². The number of hydrogen-bond acceptors (Lipinski definition) is 8. The zero-order valence-electron chi connectivity index (χ0n) is 19.9. The summed E-state index contributed by atoms with van der Waals surface area (Å²) in [4.78, 5) is 26.6. The van der Waals surface area contributed by atoms with Gasteiger partial charge >= 0.3 is 0 Å². The van der Waals surface area contributed by atoms with E-state index in [2.05, 4.69) is 71.4 Å². The van der Waals surface area contributed by atoms with E-state index in [1.165, 1.54) is 0 Å². The molecule has 0 aliphatic carbocycles. The minimum atomic E-state index is 0.651. The Morgan fingerprint density at radius 3 is 2.66 bits per heavy atom. The summed E-state index contributed by atoms with van der Waals surface area (Å²) in [6.45, 7) is 7.76. The van der Waals surface area contributed by atoms with Crippen LogP contribution in [0.4, 0.5) is 5.69 Å². The number of aromatic amines is 2. The van der Waals surface area contributed by atoms with E-state index >= 15 is 0 Å². The van der Waals surface area contributed by atoms with Gasteiger partial charge in [0.2, 0.25) is 0 Å². The van der Waals surface area contributed by atoms with Gasteiger partial charge in [0.15, 0.2) is 11.5 Å². The molecular weight excluding hydrogens is 440 g/mol. The van der Waals surface area contributed by atoms with Crippen molar-refractivity contribution in [2.75, 3.05) is 44.7 Å². The second-order valence-electron chi connectivity index (χ2n) is 8.99. The molecule has 5 aromatic heterocycles. The van der Waals surface area contributed by atoms with Crippen molar-refractivity contribution in [2.45, 2.75) is 13.5 Å². The van der Waals surface area contributed by atoms with E-state index in [0.29, 0.717) is 5.65 Å². The Hall–Kier alpha value is -3.89. The maximum Gasteiger partial charge on any atom is 0.181 e. The fraction of sp³-hybridized carbons (Fsp3) is 0.320. The molecule has 6 heterocycles. The Bertz CT molecular complexity index is 1480. The average molecular weight is 469 g/mol. The molecule has 0 atom stereocenters. The highest BCUT2D eigenvalue weighted by Gasteiger charge is 2.20. The Kier molecular flexibility index (Phi) is 5.59. The zero-order valence-corrected chi connectivity index (χ0v) is 19.9. The van der Waals surface area contributed by atoms with Crippen molar-refractivity contribution in [1.82, 2.24) is 45.3 Å². The van der Waals surface area contributed by atoms with Crippen LogP contribution in [0.2, 0.25) is 0 Å². The standard InChI is InChI=1S/C25H28N10/c1-3-26-10-16-8-17(12-27-11-16)18-9-19-22(32-33-24(19)29-13-18)25-30-20-14-28-15-21(23(20)31-25)35-6-4-34(2)5-7-35/h8-9,11-15,26H,3-7,10H2,1-2H3,(H,30,31)(H,29,32,33). The molecule has 0 unspecified atom stereocenters. The smallest absolute Gasteiger partial charge is 0.181 e. The molecule has 0 radical (unpaired) electrons. The van der Waals surface area contributed by atoms with Crippen LogP contribution < -0.4 is 10.2 Å². The first-order valence-electron chi connectivity index (χ1n) is 12.0. The molecule has 0 spiro atoms. The number of aromatic nitrogens is 7. The van der Waals surface area contributed by atoms with E-state index in [1.54, 1.807) is 0 Å². The molecular formula is C25H28N10. The fourth-order valence-corrected chi connectivity index (χ4v) is 4.57. The molecule has 1 aliphatic rings. The summed E-state index contributed by atoms with van der Waals surface area (Å²) >= 11 is 0. The maximum absolute atomic E-state index is 4.98. The van der Waals surface area contributed by atoms with Crippen molar-refractivity contribution in [2.24, 2.45) is 0 Å². The van der Waals surface area contributed by atoms with Crippen molar-refractivity contribution in [1.29, 1.82) is 0 Å². The zero-order chi connectivity index (χ0) is 23.8. The number of rotatable bonds is 6. The molecule has 1 aliphatic heterocycles. The Balaban J connectivity index is 1.38. The van der Waals surface area contributed by atoms with Crippen LogP contribution in [-0.2, 0) is 6.54 Å². The first kappa shape index (κ1) is 21.6. The van der Waals surface area contributed by atoms with Crippen molar-refractivity contribution in [3.8, 4) is 22.6 Å². The number of nitrogens with zero attached hydrogens (tertiary/aromatic N) is 7. The van der Waals surface area contributed by atoms with E-state index < -0.39 is 0 Å². The van der Waals surface area contributed by atoms with Crippen LogP contribution in [-0.4, -0.2) is 79.8 Å². The van der Waals surface area contributed by atoms with Gasteiger partial charge in [-0.25, -0.2) is 9.97 Å². The first-order chi connectivity index (χ1) is 17.2. The number of likely N-dealkylation sites (N-methyl/N-ethyl adjacent to an activating group) is 1. The number of fused-ring (bicyclic) bond motifs is 2. The maximum atomic E-state index is 4.98. The summed E-state index contributed by atoms with van der Waals surface area (Å²) in [6, 6.07) is 4.25. The lowest BCUT2D eigenvalue weighted by molar-refractivity contribution is 0.313. The molecule has 0 bridgehead atoms. The van der Waals surface area contributed by atoms with E-state index in [-0.39, 0.29) is 0 Å². The molecule has 5 aromatic rings. The number of hydrogen-bond donors (Lipinski definition) is 3. The number of pyridine rings is 3. The lowest BCUT2D eigenvalue weighted by Gasteiger charge is -2.33. The van der Waals surface area contributed by atoms with E-state index in [1.807, 2.05) is 31.0 Å². The van der Waals surface area contributed by atoms with Gasteiger partial charge in [0.05, 0.1) is 29.0 Å². The SMILES string of the molecule is CCNCc1cncc(-c2cnc3n[nH]c(-c4nc5c(N6CCN(C)CC6)cncc5[nH]4)c3c2)c1. The highest BCUT2D eigenvalue weighted by Crippen LogP contribution is 2.31. The molecule has 0 saturated carbocycles. The third kappa shape index (κ3) is 4.11. The predicted octanol–water partition coefficient (Wildman–Crippen LogP) is 2.82. The van der Waals surface area contributed by atoms with E-state index in [9.17, 15) is 0 Å². The summed E-state index contributed by atoms with van der Waals surface area (Å²) in [5, 5.41) is 11.8. The van der Waals surface area contributed by atoms with Gasteiger partial charge in [0.1, 0.15) is 11.2 Å². The average Bonchev–Trinajstić information content (AvgIpc) is 3.51. The lowest BCUT2D eigenvalue weighted by atomic mass is 10.1. The van der Waals surface area contributed by atoms with Gasteiger partial charge < -0.3 is 20.1 Å². The third-order valence-electron chi connectivity index (χ3n) is 6.57. The number of anilines is 1. The molecule has 178 valence electrons. The van der Waals surface area contributed by atoms with Crippen molar-refractivity contribution < 1.29 is 0 Å². The predicted molar refractivity (Wildman–Crippen MR) is 137 cm³/mol. The summed E-state index contributed by atoms with van der Waals surface area (Å²) < 4.78 is 0. The quantitative estimate of drug-likeness (QED) is 0.349. The summed E-state index contributed by atoms with van der Waals surface area (Å²) in [6.07, 6.45) is 9.34. The molecule has 0 amide bonds. The molecule has 10 heteroatoms. The van der Waals surface area contributed by atoms with Crippen LogP contribution in [0.3, 0.4) is 0 Å². The normalized spacial score (nSPS) is 14.9. The van der Waals surface area contributed by atoms with Crippen molar-refractivity contribution in [3.63, 3.8) is 0 Å². The third-order valence-corrected chi connectivity index (χ3v) is 6.57. The largest absolute Gasteiger partial charge is 0.366 e. The Labute approximate surface area is 202 Å². The van der Waals surface area contributed by atoms with Crippen LogP contribution in [0, 0.1) is 0 Å². The van der Waals surface area contributed by atoms with Crippen LogP contribution in [0.25, 0.3) is 44.7 Å². The topological polar surface area (TPSA) is 115 Å². The second-order valence-corrected chi connectivity index (χ2v) is 8.99. The highest BCUT2D eigenvalue weighted by atomic mass is 15.3. The summed E-state index contributed by atoms with van der Waals surface area (Å²) in [5.41, 5.74) is 7.50. The first-order valence-corrected chi connectivity index (χ1v) is 12.0. The van der Waals surface area contributed by atoms with E-state index in [0.717, 1.165) is 89.6 Å². The number of H-pyrrole nitrogens is 2. The lowest BCUT2D eigenvalue weighted by Crippen LogP contribution is -2.44. The molecule has 6 rings (SSSR count). The number of nitrogens with one attached hydrogen (secondary N) is 3. The minimum Gasteiger partial charge on any atom is -0.366 e. The molecule has 3 N–H and O–H groups in total. The highest BCUT2D eigenvalue weighted by molar-refractivity contribution is 5.95. The van der Waals surface area contributed by atoms with Gasteiger partial charge in [-0.15, -0.1) is 0 Å². The Morgan fingerprint density at radius 1 is 0.971 bits per heavy atom. The summed E-state index contributed by atoms with van der Waals surface area (Å²) in [7, 11) is 2.16. The minimum absolute atomic E-state index is 0.651. The fourth-order valence-electron chi connectivity index (χ4n) is 4.57. The number of piperazine rings is 1. The molecule has 10 nitrogen and oxygen atoms in total.